The Kier molecular flexibility index (Phi) is 5.37. The average Bonchev–Trinajstić information content (AvgIpc) is 2.52. The summed E-state index contributed by atoms with van der Waals surface area (Å²) < 4.78 is 26.1. The maximum atomic E-state index is 11.8. The first kappa shape index (κ1) is 16.6. The number of anilines is 2. The molecule has 6 nitrogen and oxygen atoms in total. The number of para-hydroxylation sites is 1. The van der Waals surface area contributed by atoms with E-state index in [2.05, 4.69) is 10.0 Å². The van der Waals surface area contributed by atoms with Gasteiger partial charge in [-0.25, -0.2) is 13.2 Å². The van der Waals surface area contributed by atoms with Crippen LogP contribution in [-0.4, -0.2) is 26.0 Å². The number of carbonyl (C=O) groups is 1. The van der Waals surface area contributed by atoms with Crippen LogP contribution in [0.4, 0.5) is 11.4 Å². The minimum absolute atomic E-state index is 0.195. The lowest BCUT2D eigenvalue weighted by Gasteiger charge is -2.05. The van der Waals surface area contributed by atoms with Crippen LogP contribution < -0.4 is 10.0 Å². The molecule has 2 aromatic rings. The minimum Gasteiger partial charge on any atom is -0.478 e. The van der Waals surface area contributed by atoms with Gasteiger partial charge in [0, 0.05) is 23.3 Å². The normalized spacial score (nSPS) is 11.3. The lowest BCUT2D eigenvalue weighted by Crippen LogP contribution is -2.09. The van der Waals surface area contributed by atoms with Gasteiger partial charge in [0.25, 0.3) is 10.0 Å². The summed E-state index contributed by atoms with van der Waals surface area (Å²) in [6, 6.07) is 14.8. The lowest BCUT2D eigenvalue weighted by molar-refractivity contribution is 0.0697. The van der Waals surface area contributed by atoms with Crippen molar-refractivity contribution in [1.82, 2.24) is 0 Å². The van der Waals surface area contributed by atoms with Crippen molar-refractivity contribution < 1.29 is 18.3 Å². The third kappa shape index (κ3) is 5.48. The summed E-state index contributed by atoms with van der Waals surface area (Å²) in [6.07, 6.45) is 1.47. The van der Waals surface area contributed by atoms with Crippen molar-refractivity contribution in [1.29, 1.82) is 0 Å². The van der Waals surface area contributed by atoms with Gasteiger partial charge in [-0.1, -0.05) is 24.3 Å². The van der Waals surface area contributed by atoms with Gasteiger partial charge in [0.1, 0.15) is 0 Å². The van der Waals surface area contributed by atoms with E-state index in [1.54, 1.807) is 42.5 Å². The number of nitrogens with one attached hydrogen (secondary N) is 2. The Hall–Kier alpha value is -2.80. The van der Waals surface area contributed by atoms with E-state index in [0.717, 1.165) is 5.41 Å². The molecule has 0 radical (unpaired) electrons. The Morgan fingerprint density at radius 3 is 2.26 bits per heavy atom. The standard InChI is InChI=1S/C16H16N2O4S/c19-16(20)13-7-9-14(10-8-13)17-11-4-12-23(21,22)18-15-5-2-1-3-6-15/h1-10,12,17-18H,11H2,(H,19,20)/b12-4+. The third-order valence-corrected chi connectivity index (χ3v) is 3.94. The van der Waals surface area contributed by atoms with E-state index in [4.69, 9.17) is 5.11 Å². The summed E-state index contributed by atoms with van der Waals surface area (Å²) in [5, 5.41) is 12.9. The third-order valence-electron chi connectivity index (χ3n) is 2.87. The Morgan fingerprint density at radius 2 is 1.65 bits per heavy atom. The molecule has 0 heterocycles. The van der Waals surface area contributed by atoms with Gasteiger partial charge in [-0.15, -0.1) is 0 Å². The largest absolute Gasteiger partial charge is 0.478 e. The number of hydrogen-bond acceptors (Lipinski definition) is 4. The molecule has 2 rings (SSSR count). The number of sulfonamides is 1. The molecule has 0 amide bonds. The highest BCUT2D eigenvalue weighted by atomic mass is 32.2. The molecule has 0 aromatic heterocycles. The van der Waals surface area contributed by atoms with E-state index >= 15 is 0 Å². The fraction of sp³-hybridized carbons (Fsp3) is 0.0625. The maximum Gasteiger partial charge on any atom is 0.335 e. The van der Waals surface area contributed by atoms with Crippen LogP contribution in [0.5, 0.6) is 0 Å². The lowest BCUT2D eigenvalue weighted by atomic mass is 10.2. The van der Waals surface area contributed by atoms with Gasteiger partial charge in [0.05, 0.1) is 5.56 Å². The van der Waals surface area contributed by atoms with Crippen LogP contribution in [0.1, 0.15) is 10.4 Å². The van der Waals surface area contributed by atoms with Crippen LogP contribution >= 0.6 is 0 Å². The molecule has 0 atom stereocenters. The van der Waals surface area contributed by atoms with Gasteiger partial charge in [-0.3, -0.25) is 4.72 Å². The van der Waals surface area contributed by atoms with E-state index in [-0.39, 0.29) is 5.56 Å². The number of carboxylic acids is 1. The summed E-state index contributed by atoms with van der Waals surface area (Å²) in [6.45, 7) is 0.294. The predicted octanol–water partition coefficient (Wildman–Crippen LogP) is 2.75. The maximum absolute atomic E-state index is 11.8. The van der Waals surface area contributed by atoms with Crippen molar-refractivity contribution in [3.05, 3.63) is 71.6 Å². The second kappa shape index (κ2) is 7.46. The van der Waals surface area contributed by atoms with Crippen LogP contribution in [-0.2, 0) is 10.0 Å². The summed E-state index contributed by atoms with van der Waals surface area (Å²) in [5.41, 5.74) is 1.39. The summed E-state index contributed by atoms with van der Waals surface area (Å²) >= 11 is 0. The topological polar surface area (TPSA) is 95.5 Å². The molecular weight excluding hydrogens is 316 g/mol. The van der Waals surface area contributed by atoms with E-state index < -0.39 is 16.0 Å². The molecule has 0 fully saturated rings. The van der Waals surface area contributed by atoms with Gasteiger partial charge in [-0.2, -0.15) is 0 Å². The zero-order valence-electron chi connectivity index (χ0n) is 12.1. The van der Waals surface area contributed by atoms with Crippen LogP contribution in [0.3, 0.4) is 0 Å². The van der Waals surface area contributed by atoms with E-state index in [1.165, 1.54) is 18.2 Å². The first-order chi connectivity index (χ1) is 11.0. The van der Waals surface area contributed by atoms with E-state index in [9.17, 15) is 13.2 Å². The van der Waals surface area contributed by atoms with Crippen LogP contribution in [0.15, 0.2) is 66.1 Å². The first-order valence-electron chi connectivity index (χ1n) is 6.78. The first-order valence-corrected chi connectivity index (χ1v) is 8.32. The zero-order chi connectivity index (χ0) is 16.7. The van der Waals surface area contributed by atoms with Crippen molar-refractivity contribution >= 4 is 27.4 Å². The second-order valence-electron chi connectivity index (χ2n) is 4.65. The summed E-state index contributed by atoms with van der Waals surface area (Å²) in [5.74, 6) is -0.991. The molecule has 120 valence electrons. The van der Waals surface area contributed by atoms with Crippen molar-refractivity contribution in [2.45, 2.75) is 0 Å². The van der Waals surface area contributed by atoms with Crippen LogP contribution in [0.25, 0.3) is 0 Å². The fourth-order valence-corrected chi connectivity index (χ4v) is 2.67. The number of hydrogen-bond donors (Lipinski definition) is 3. The molecule has 0 aliphatic rings. The Balaban J connectivity index is 1.87. The van der Waals surface area contributed by atoms with Gasteiger partial charge >= 0.3 is 5.97 Å². The highest BCUT2D eigenvalue weighted by Gasteiger charge is 2.04. The Bertz CT molecular complexity index is 785. The van der Waals surface area contributed by atoms with Crippen LogP contribution in [0.2, 0.25) is 0 Å². The Labute approximate surface area is 134 Å². The average molecular weight is 332 g/mol. The van der Waals surface area contributed by atoms with Gasteiger partial charge in [-0.05, 0) is 36.4 Å². The zero-order valence-corrected chi connectivity index (χ0v) is 13.0. The number of aromatic carboxylic acids is 1. The van der Waals surface area contributed by atoms with Crippen molar-refractivity contribution in [3.8, 4) is 0 Å². The molecule has 0 bridgehead atoms. The molecule has 2 aromatic carbocycles. The molecule has 3 N–H and O–H groups in total. The molecule has 7 heteroatoms. The van der Waals surface area contributed by atoms with Crippen molar-refractivity contribution in [2.24, 2.45) is 0 Å². The van der Waals surface area contributed by atoms with E-state index in [1.807, 2.05) is 0 Å². The molecule has 0 unspecified atom stereocenters. The summed E-state index contributed by atoms with van der Waals surface area (Å²) in [4.78, 5) is 10.7. The highest BCUT2D eigenvalue weighted by molar-refractivity contribution is 7.95. The van der Waals surface area contributed by atoms with E-state index in [0.29, 0.717) is 17.9 Å². The molecule has 23 heavy (non-hydrogen) atoms. The monoisotopic (exact) mass is 332 g/mol. The highest BCUT2D eigenvalue weighted by Crippen LogP contribution is 2.10. The van der Waals surface area contributed by atoms with Gasteiger partial charge in [0.2, 0.25) is 0 Å². The molecule has 0 saturated carbocycles. The fourth-order valence-electron chi connectivity index (χ4n) is 1.79. The number of rotatable bonds is 7. The molecule has 0 aliphatic heterocycles. The Morgan fingerprint density at radius 1 is 1.00 bits per heavy atom. The smallest absolute Gasteiger partial charge is 0.335 e. The second-order valence-corrected chi connectivity index (χ2v) is 6.21. The molecule has 0 aliphatic carbocycles. The molecule has 0 saturated heterocycles. The van der Waals surface area contributed by atoms with Crippen molar-refractivity contribution in [3.63, 3.8) is 0 Å². The SMILES string of the molecule is O=C(O)c1ccc(NC/C=C/S(=O)(=O)Nc2ccccc2)cc1. The minimum atomic E-state index is -3.56. The van der Waals surface area contributed by atoms with Crippen molar-refractivity contribution in [2.75, 3.05) is 16.6 Å². The predicted molar refractivity (Wildman–Crippen MR) is 90.0 cm³/mol. The quantitative estimate of drug-likeness (QED) is 0.724. The molecule has 0 spiro atoms. The van der Waals surface area contributed by atoms with Gasteiger partial charge < -0.3 is 10.4 Å². The summed E-state index contributed by atoms with van der Waals surface area (Å²) in [7, 11) is -3.56. The number of benzene rings is 2. The van der Waals surface area contributed by atoms with Gasteiger partial charge in [0.15, 0.2) is 0 Å². The number of carboxylic acid groups (broad SMARTS) is 1. The van der Waals surface area contributed by atoms with Crippen LogP contribution in [0, 0.1) is 0 Å². The molecular formula is C16H16N2O4S.